The largest absolute Gasteiger partial charge is 0.491 e. The van der Waals surface area contributed by atoms with Gasteiger partial charge in [-0.1, -0.05) is 26.0 Å². The second-order valence-electron chi connectivity index (χ2n) is 6.63. The third kappa shape index (κ3) is 7.21. The standard InChI is InChI=1S/C22H30N2O3/c1-5-16(3)26-20-11-7-9-18(13-20)23-15-22(25)24-19-10-8-12-21(14-19)27-17(4)6-2/h7-14,16-17,23H,5-6,15H2,1-4H3,(H,24,25). The van der Waals surface area contributed by atoms with E-state index in [2.05, 4.69) is 24.5 Å². The van der Waals surface area contributed by atoms with Gasteiger partial charge in [-0.25, -0.2) is 0 Å². The Hall–Kier alpha value is -2.69. The first-order valence-corrected chi connectivity index (χ1v) is 9.57. The van der Waals surface area contributed by atoms with E-state index in [1.807, 2.05) is 62.4 Å². The van der Waals surface area contributed by atoms with E-state index in [1.165, 1.54) is 0 Å². The summed E-state index contributed by atoms with van der Waals surface area (Å²) >= 11 is 0. The van der Waals surface area contributed by atoms with Crippen molar-refractivity contribution in [1.82, 2.24) is 0 Å². The highest BCUT2D eigenvalue weighted by molar-refractivity contribution is 5.93. The van der Waals surface area contributed by atoms with Crippen molar-refractivity contribution in [1.29, 1.82) is 0 Å². The van der Waals surface area contributed by atoms with Crippen LogP contribution in [0.15, 0.2) is 48.5 Å². The van der Waals surface area contributed by atoms with Gasteiger partial charge in [0.25, 0.3) is 0 Å². The normalized spacial score (nSPS) is 12.7. The number of hydrogen-bond donors (Lipinski definition) is 2. The molecule has 0 aliphatic carbocycles. The summed E-state index contributed by atoms with van der Waals surface area (Å²) in [7, 11) is 0. The summed E-state index contributed by atoms with van der Waals surface area (Å²) in [6, 6.07) is 15.1. The molecule has 2 atom stereocenters. The maximum absolute atomic E-state index is 12.2. The summed E-state index contributed by atoms with van der Waals surface area (Å²) in [5.74, 6) is 1.43. The molecular weight excluding hydrogens is 340 g/mol. The molecule has 0 spiro atoms. The second kappa shape index (κ2) is 10.5. The van der Waals surface area contributed by atoms with E-state index in [0.717, 1.165) is 35.7 Å². The first-order valence-electron chi connectivity index (χ1n) is 9.57. The van der Waals surface area contributed by atoms with E-state index >= 15 is 0 Å². The Morgan fingerprint density at radius 3 is 1.96 bits per heavy atom. The average Bonchev–Trinajstić information content (AvgIpc) is 2.66. The van der Waals surface area contributed by atoms with Crippen molar-refractivity contribution in [2.75, 3.05) is 17.2 Å². The molecule has 0 radical (unpaired) electrons. The number of ether oxygens (including phenoxy) is 2. The number of carbonyl (C=O) groups excluding carboxylic acids is 1. The van der Waals surface area contributed by atoms with Crippen molar-refractivity contribution in [3.8, 4) is 11.5 Å². The van der Waals surface area contributed by atoms with Crippen molar-refractivity contribution >= 4 is 17.3 Å². The summed E-state index contributed by atoms with van der Waals surface area (Å²) in [4.78, 5) is 12.2. The van der Waals surface area contributed by atoms with Crippen molar-refractivity contribution in [3.05, 3.63) is 48.5 Å². The van der Waals surface area contributed by atoms with Gasteiger partial charge in [0.05, 0.1) is 18.8 Å². The lowest BCUT2D eigenvalue weighted by atomic mass is 10.2. The Bertz CT molecular complexity index is 733. The highest BCUT2D eigenvalue weighted by atomic mass is 16.5. The highest BCUT2D eigenvalue weighted by Gasteiger charge is 2.07. The lowest BCUT2D eigenvalue weighted by Gasteiger charge is -2.15. The van der Waals surface area contributed by atoms with Crippen LogP contribution in [0, 0.1) is 0 Å². The summed E-state index contributed by atoms with van der Waals surface area (Å²) < 4.78 is 11.6. The minimum atomic E-state index is -0.121. The van der Waals surface area contributed by atoms with Crippen LogP contribution in [0.2, 0.25) is 0 Å². The molecular formula is C22H30N2O3. The van der Waals surface area contributed by atoms with E-state index in [1.54, 1.807) is 0 Å². The lowest BCUT2D eigenvalue weighted by molar-refractivity contribution is -0.114. The molecule has 146 valence electrons. The molecule has 0 aliphatic heterocycles. The predicted molar refractivity (Wildman–Crippen MR) is 111 cm³/mol. The maximum Gasteiger partial charge on any atom is 0.243 e. The van der Waals surface area contributed by atoms with Gasteiger partial charge in [-0.2, -0.15) is 0 Å². The Kier molecular flexibility index (Phi) is 7.99. The fourth-order valence-corrected chi connectivity index (χ4v) is 2.35. The van der Waals surface area contributed by atoms with Crippen LogP contribution in [0.1, 0.15) is 40.5 Å². The molecule has 0 aliphatic rings. The Morgan fingerprint density at radius 2 is 1.41 bits per heavy atom. The average molecular weight is 370 g/mol. The topological polar surface area (TPSA) is 59.6 Å². The minimum Gasteiger partial charge on any atom is -0.491 e. The van der Waals surface area contributed by atoms with E-state index < -0.39 is 0 Å². The molecule has 27 heavy (non-hydrogen) atoms. The van der Waals surface area contributed by atoms with Crippen LogP contribution in [0.25, 0.3) is 0 Å². The van der Waals surface area contributed by atoms with Crippen LogP contribution < -0.4 is 20.1 Å². The SMILES string of the molecule is CCC(C)Oc1cccc(NCC(=O)Nc2cccc(OC(C)CC)c2)c1. The molecule has 0 saturated carbocycles. The molecule has 2 N–H and O–H groups in total. The van der Waals surface area contributed by atoms with Gasteiger partial charge in [0, 0.05) is 23.5 Å². The molecule has 2 aromatic rings. The van der Waals surface area contributed by atoms with Gasteiger partial charge >= 0.3 is 0 Å². The van der Waals surface area contributed by atoms with Gasteiger partial charge in [-0.15, -0.1) is 0 Å². The van der Waals surface area contributed by atoms with E-state index in [0.29, 0.717) is 0 Å². The van der Waals surface area contributed by atoms with Gasteiger partial charge in [-0.05, 0) is 51.0 Å². The highest BCUT2D eigenvalue weighted by Crippen LogP contribution is 2.20. The number of benzene rings is 2. The van der Waals surface area contributed by atoms with Gasteiger partial charge in [0.2, 0.25) is 5.91 Å². The zero-order chi connectivity index (χ0) is 19.6. The molecule has 1 amide bonds. The summed E-state index contributed by atoms with van der Waals surface area (Å²) in [5, 5.41) is 6.02. The van der Waals surface area contributed by atoms with E-state index in [4.69, 9.17) is 9.47 Å². The van der Waals surface area contributed by atoms with Crippen molar-refractivity contribution in [2.24, 2.45) is 0 Å². The molecule has 2 unspecified atom stereocenters. The second-order valence-corrected chi connectivity index (χ2v) is 6.63. The fraction of sp³-hybridized carbons (Fsp3) is 0.409. The third-order valence-electron chi connectivity index (χ3n) is 4.23. The summed E-state index contributed by atoms with van der Waals surface area (Å²) in [5.41, 5.74) is 1.57. The first-order chi connectivity index (χ1) is 13.0. The van der Waals surface area contributed by atoms with Gasteiger partial charge in [-0.3, -0.25) is 4.79 Å². The number of rotatable bonds is 10. The number of amides is 1. The lowest BCUT2D eigenvalue weighted by Crippen LogP contribution is -2.21. The van der Waals surface area contributed by atoms with Crippen LogP contribution in [0.4, 0.5) is 11.4 Å². The Morgan fingerprint density at radius 1 is 0.889 bits per heavy atom. The Labute approximate surface area is 162 Å². The zero-order valence-electron chi connectivity index (χ0n) is 16.6. The predicted octanol–water partition coefficient (Wildman–Crippen LogP) is 5.09. The van der Waals surface area contributed by atoms with Crippen molar-refractivity contribution in [2.45, 2.75) is 52.7 Å². The van der Waals surface area contributed by atoms with Crippen LogP contribution in [-0.4, -0.2) is 24.7 Å². The first kappa shape index (κ1) is 20.6. The van der Waals surface area contributed by atoms with Crippen molar-refractivity contribution in [3.63, 3.8) is 0 Å². The number of anilines is 2. The molecule has 5 nitrogen and oxygen atoms in total. The molecule has 0 heterocycles. The Balaban J connectivity index is 1.87. The number of nitrogens with one attached hydrogen (secondary N) is 2. The number of hydrogen-bond acceptors (Lipinski definition) is 4. The maximum atomic E-state index is 12.2. The van der Waals surface area contributed by atoms with Crippen LogP contribution in [0.5, 0.6) is 11.5 Å². The van der Waals surface area contributed by atoms with E-state index in [-0.39, 0.29) is 24.7 Å². The van der Waals surface area contributed by atoms with Crippen LogP contribution in [-0.2, 0) is 4.79 Å². The molecule has 0 bridgehead atoms. The van der Waals surface area contributed by atoms with Crippen LogP contribution in [0.3, 0.4) is 0 Å². The minimum absolute atomic E-state index is 0.121. The van der Waals surface area contributed by atoms with Gasteiger partial charge in [0.15, 0.2) is 0 Å². The summed E-state index contributed by atoms with van der Waals surface area (Å²) in [6.07, 6.45) is 2.18. The van der Waals surface area contributed by atoms with E-state index in [9.17, 15) is 4.79 Å². The smallest absolute Gasteiger partial charge is 0.243 e. The summed E-state index contributed by atoms with van der Waals surface area (Å²) in [6.45, 7) is 8.38. The molecule has 2 aromatic carbocycles. The van der Waals surface area contributed by atoms with Crippen molar-refractivity contribution < 1.29 is 14.3 Å². The molecule has 5 heteroatoms. The van der Waals surface area contributed by atoms with Gasteiger partial charge in [0.1, 0.15) is 11.5 Å². The quantitative estimate of drug-likeness (QED) is 0.611. The monoisotopic (exact) mass is 370 g/mol. The third-order valence-corrected chi connectivity index (χ3v) is 4.23. The van der Waals surface area contributed by atoms with Crippen LogP contribution >= 0.6 is 0 Å². The molecule has 0 aromatic heterocycles. The fourth-order valence-electron chi connectivity index (χ4n) is 2.35. The molecule has 0 saturated heterocycles. The number of carbonyl (C=O) groups is 1. The zero-order valence-corrected chi connectivity index (χ0v) is 16.6. The van der Waals surface area contributed by atoms with Gasteiger partial charge < -0.3 is 20.1 Å². The molecule has 2 rings (SSSR count). The molecule has 0 fully saturated rings.